The molecule has 1 aliphatic heterocycles. The van der Waals surface area contributed by atoms with Crippen molar-refractivity contribution >= 4 is 17.6 Å². The minimum absolute atomic E-state index is 0.00171. The van der Waals surface area contributed by atoms with Gasteiger partial charge < -0.3 is 15.5 Å². The summed E-state index contributed by atoms with van der Waals surface area (Å²) in [7, 11) is 0. The van der Waals surface area contributed by atoms with Crippen LogP contribution in [-0.4, -0.2) is 29.9 Å². The minimum Gasteiger partial charge on any atom is -0.349 e. The van der Waals surface area contributed by atoms with E-state index < -0.39 is 0 Å². The summed E-state index contributed by atoms with van der Waals surface area (Å²) < 4.78 is 0. The first-order chi connectivity index (χ1) is 15.6. The predicted octanol–water partition coefficient (Wildman–Crippen LogP) is 5.47. The van der Waals surface area contributed by atoms with Crippen LogP contribution in [0.1, 0.15) is 31.4 Å². The van der Waals surface area contributed by atoms with Gasteiger partial charge in [-0.3, -0.25) is 4.79 Å². The average molecular weight is 428 g/mol. The summed E-state index contributed by atoms with van der Waals surface area (Å²) in [5.41, 5.74) is 4.15. The van der Waals surface area contributed by atoms with Gasteiger partial charge >= 0.3 is 6.03 Å². The van der Waals surface area contributed by atoms with Crippen molar-refractivity contribution in [1.29, 1.82) is 0 Å². The molecule has 0 saturated carbocycles. The van der Waals surface area contributed by atoms with Crippen LogP contribution in [-0.2, 0) is 4.79 Å². The number of piperidine rings is 1. The van der Waals surface area contributed by atoms with E-state index in [-0.39, 0.29) is 23.9 Å². The van der Waals surface area contributed by atoms with Crippen molar-refractivity contribution in [3.63, 3.8) is 0 Å². The van der Waals surface area contributed by atoms with Gasteiger partial charge in [-0.25, -0.2) is 4.79 Å². The summed E-state index contributed by atoms with van der Waals surface area (Å²) in [4.78, 5) is 27.3. The van der Waals surface area contributed by atoms with E-state index in [1.807, 2.05) is 55.5 Å². The Balaban J connectivity index is 1.33. The molecule has 0 aromatic heterocycles. The number of anilines is 1. The molecule has 1 heterocycles. The zero-order chi connectivity index (χ0) is 22.3. The standard InChI is InChI=1S/C27H29N3O2/c1-20(21-14-16-23(17-15-21)22-9-4-2-5-10-22)28-26(31)24-11-8-18-30(19-24)27(32)29-25-12-6-3-7-13-25/h2-7,9-10,12-17,20,24H,8,11,18-19H2,1H3,(H,28,31)(H,29,32)/t20-,24+/m1/s1. The van der Waals surface area contributed by atoms with Crippen LogP contribution in [0.15, 0.2) is 84.9 Å². The maximum atomic E-state index is 12.9. The second-order valence-electron chi connectivity index (χ2n) is 8.30. The van der Waals surface area contributed by atoms with E-state index >= 15 is 0 Å². The number of rotatable bonds is 5. The zero-order valence-electron chi connectivity index (χ0n) is 18.3. The van der Waals surface area contributed by atoms with Crippen molar-refractivity contribution in [1.82, 2.24) is 10.2 Å². The van der Waals surface area contributed by atoms with Crippen molar-refractivity contribution in [3.05, 3.63) is 90.5 Å². The second-order valence-corrected chi connectivity index (χ2v) is 8.30. The first-order valence-electron chi connectivity index (χ1n) is 11.2. The smallest absolute Gasteiger partial charge is 0.321 e. The zero-order valence-corrected chi connectivity index (χ0v) is 18.3. The van der Waals surface area contributed by atoms with E-state index in [0.717, 1.165) is 29.7 Å². The van der Waals surface area contributed by atoms with Gasteiger partial charge in [0.2, 0.25) is 5.91 Å². The van der Waals surface area contributed by atoms with E-state index in [1.165, 1.54) is 5.56 Å². The van der Waals surface area contributed by atoms with Crippen molar-refractivity contribution in [3.8, 4) is 11.1 Å². The molecule has 0 bridgehead atoms. The predicted molar refractivity (Wildman–Crippen MR) is 128 cm³/mol. The van der Waals surface area contributed by atoms with Crippen molar-refractivity contribution in [2.75, 3.05) is 18.4 Å². The first kappa shape index (κ1) is 21.6. The molecule has 2 atom stereocenters. The summed E-state index contributed by atoms with van der Waals surface area (Å²) in [6.45, 7) is 3.10. The molecule has 0 aliphatic carbocycles. The summed E-state index contributed by atoms with van der Waals surface area (Å²) in [6, 6.07) is 27.7. The highest BCUT2D eigenvalue weighted by molar-refractivity contribution is 5.90. The Bertz CT molecular complexity index is 1040. The molecule has 3 aromatic carbocycles. The number of nitrogens with zero attached hydrogens (tertiary/aromatic N) is 1. The van der Waals surface area contributed by atoms with E-state index in [0.29, 0.717) is 13.1 Å². The van der Waals surface area contributed by atoms with E-state index in [4.69, 9.17) is 0 Å². The van der Waals surface area contributed by atoms with E-state index in [9.17, 15) is 9.59 Å². The number of hydrogen-bond donors (Lipinski definition) is 2. The third-order valence-corrected chi connectivity index (χ3v) is 5.98. The lowest BCUT2D eigenvalue weighted by Crippen LogP contribution is -2.47. The van der Waals surface area contributed by atoms with Gasteiger partial charge in [0.1, 0.15) is 0 Å². The first-order valence-corrected chi connectivity index (χ1v) is 11.2. The Hall–Kier alpha value is -3.60. The van der Waals surface area contributed by atoms with Crippen molar-refractivity contribution in [2.24, 2.45) is 5.92 Å². The van der Waals surface area contributed by atoms with Gasteiger partial charge in [0.15, 0.2) is 0 Å². The molecule has 3 amide bonds. The van der Waals surface area contributed by atoms with Crippen LogP contribution in [0.25, 0.3) is 11.1 Å². The van der Waals surface area contributed by atoms with Gasteiger partial charge in [-0.1, -0.05) is 72.8 Å². The van der Waals surface area contributed by atoms with Crippen LogP contribution in [0.4, 0.5) is 10.5 Å². The molecular weight excluding hydrogens is 398 g/mol. The molecule has 1 saturated heterocycles. The van der Waals surface area contributed by atoms with Crippen LogP contribution in [0.5, 0.6) is 0 Å². The Morgan fingerprint density at radius 1 is 0.875 bits per heavy atom. The normalized spacial score (nSPS) is 16.8. The molecule has 0 unspecified atom stereocenters. The van der Waals surface area contributed by atoms with E-state index in [2.05, 4.69) is 47.0 Å². The number of benzene rings is 3. The summed E-state index contributed by atoms with van der Waals surface area (Å²) in [5.74, 6) is -0.196. The fourth-order valence-electron chi connectivity index (χ4n) is 4.11. The number of nitrogens with one attached hydrogen (secondary N) is 2. The third kappa shape index (κ3) is 5.35. The van der Waals surface area contributed by atoms with Gasteiger partial charge in [-0.05, 0) is 48.6 Å². The number of carbonyl (C=O) groups excluding carboxylic acids is 2. The number of likely N-dealkylation sites (tertiary alicyclic amines) is 1. The molecule has 3 aromatic rings. The highest BCUT2D eigenvalue weighted by atomic mass is 16.2. The fourth-order valence-corrected chi connectivity index (χ4v) is 4.11. The highest BCUT2D eigenvalue weighted by Crippen LogP contribution is 2.23. The summed E-state index contributed by atoms with van der Waals surface area (Å²) in [5, 5.41) is 6.05. The number of para-hydroxylation sites is 1. The maximum Gasteiger partial charge on any atom is 0.321 e. The number of carbonyl (C=O) groups is 2. The monoisotopic (exact) mass is 427 g/mol. The van der Waals surface area contributed by atoms with Crippen LogP contribution in [0.2, 0.25) is 0 Å². The molecule has 32 heavy (non-hydrogen) atoms. The lowest BCUT2D eigenvalue weighted by Gasteiger charge is -2.32. The SMILES string of the molecule is C[C@@H](NC(=O)[C@H]1CCCN(C(=O)Nc2ccccc2)C1)c1ccc(-c2ccccc2)cc1. The molecule has 5 nitrogen and oxygen atoms in total. The van der Waals surface area contributed by atoms with Crippen LogP contribution < -0.4 is 10.6 Å². The molecule has 1 fully saturated rings. The fraction of sp³-hybridized carbons (Fsp3) is 0.259. The largest absolute Gasteiger partial charge is 0.349 e. The van der Waals surface area contributed by atoms with Gasteiger partial charge in [0, 0.05) is 18.8 Å². The van der Waals surface area contributed by atoms with Gasteiger partial charge in [0.25, 0.3) is 0 Å². The van der Waals surface area contributed by atoms with Gasteiger partial charge in [-0.15, -0.1) is 0 Å². The lowest BCUT2D eigenvalue weighted by atomic mass is 9.96. The lowest BCUT2D eigenvalue weighted by molar-refractivity contribution is -0.126. The third-order valence-electron chi connectivity index (χ3n) is 5.98. The molecule has 1 aliphatic rings. The summed E-state index contributed by atoms with van der Waals surface area (Å²) >= 11 is 0. The molecule has 164 valence electrons. The van der Waals surface area contributed by atoms with Crippen molar-refractivity contribution in [2.45, 2.75) is 25.8 Å². The maximum absolute atomic E-state index is 12.9. The number of amides is 3. The Kier molecular flexibility index (Phi) is 6.85. The molecule has 0 radical (unpaired) electrons. The quantitative estimate of drug-likeness (QED) is 0.567. The second kappa shape index (κ2) is 10.1. The van der Waals surface area contributed by atoms with Crippen LogP contribution in [0, 0.1) is 5.92 Å². The van der Waals surface area contributed by atoms with Crippen molar-refractivity contribution < 1.29 is 9.59 Å². The minimum atomic E-state index is -0.198. The molecule has 2 N–H and O–H groups in total. The van der Waals surface area contributed by atoms with E-state index in [1.54, 1.807) is 4.90 Å². The van der Waals surface area contributed by atoms with Crippen LogP contribution in [0.3, 0.4) is 0 Å². The van der Waals surface area contributed by atoms with Gasteiger partial charge in [-0.2, -0.15) is 0 Å². The molecular formula is C27H29N3O2. The van der Waals surface area contributed by atoms with Gasteiger partial charge in [0.05, 0.1) is 12.0 Å². The Labute approximate surface area is 189 Å². The Morgan fingerprint density at radius 2 is 1.50 bits per heavy atom. The average Bonchev–Trinajstić information content (AvgIpc) is 2.85. The number of hydrogen-bond acceptors (Lipinski definition) is 2. The highest BCUT2D eigenvalue weighted by Gasteiger charge is 2.29. The molecule has 4 rings (SSSR count). The Morgan fingerprint density at radius 3 is 2.19 bits per heavy atom. The van der Waals surface area contributed by atoms with Crippen LogP contribution >= 0.6 is 0 Å². The topological polar surface area (TPSA) is 61.4 Å². The summed E-state index contributed by atoms with van der Waals surface area (Å²) in [6.07, 6.45) is 1.61. The molecule has 5 heteroatoms. The molecule has 0 spiro atoms. The number of urea groups is 1.